The molecule has 2 saturated heterocycles. The van der Waals surface area contributed by atoms with E-state index in [-0.39, 0.29) is 0 Å². The van der Waals surface area contributed by atoms with Crippen LogP contribution in [0, 0.1) is 0 Å². The van der Waals surface area contributed by atoms with Gasteiger partial charge in [0.25, 0.3) is 0 Å². The number of nitrogens with two attached hydrogens (primary N) is 1. The summed E-state index contributed by atoms with van der Waals surface area (Å²) in [7, 11) is 0. The van der Waals surface area contributed by atoms with E-state index >= 15 is 0 Å². The highest BCUT2D eigenvalue weighted by atomic mass is 35.5. The molecule has 0 radical (unpaired) electrons. The van der Waals surface area contributed by atoms with E-state index < -0.39 is 0 Å². The summed E-state index contributed by atoms with van der Waals surface area (Å²) < 4.78 is 0. The van der Waals surface area contributed by atoms with E-state index in [1.165, 1.54) is 6.42 Å². The van der Waals surface area contributed by atoms with Gasteiger partial charge in [-0.3, -0.25) is 9.80 Å². The molecule has 2 aliphatic rings. The Hall–Kier alpha value is -0.810. The van der Waals surface area contributed by atoms with Gasteiger partial charge in [0.1, 0.15) is 5.75 Å². The molecular formula is C16H24ClN3O. The molecule has 1 unspecified atom stereocenters. The lowest BCUT2D eigenvalue weighted by Gasteiger charge is -2.34. The van der Waals surface area contributed by atoms with Crippen LogP contribution in [0.2, 0.25) is 5.02 Å². The maximum atomic E-state index is 9.96. The van der Waals surface area contributed by atoms with E-state index in [2.05, 4.69) is 9.80 Å². The van der Waals surface area contributed by atoms with Crippen LogP contribution in [0.5, 0.6) is 5.75 Å². The number of phenols is 1. The summed E-state index contributed by atoms with van der Waals surface area (Å²) in [5, 5.41) is 10.6. The maximum Gasteiger partial charge on any atom is 0.121 e. The van der Waals surface area contributed by atoms with Crippen molar-refractivity contribution >= 4 is 11.6 Å². The number of phenolic OH excluding ortho intramolecular Hbond substituents is 1. The summed E-state index contributed by atoms with van der Waals surface area (Å²) in [5.41, 5.74) is 6.83. The van der Waals surface area contributed by atoms with Gasteiger partial charge in [0, 0.05) is 42.3 Å². The molecule has 3 rings (SSSR count). The van der Waals surface area contributed by atoms with Crippen molar-refractivity contribution in [2.24, 2.45) is 5.73 Å². The van der Waals surface area contributed by atoms with Crippen molar-refractivity contribution in [3.8, 4) is 5.75 Å². The summed E-state index contributed by atoms with van der Waals surface area (Å²) in [6, 6.07) is 6.35. The second-order valence-electron chi connectivity index (χ2n) is 6.29. The highest BCUT2D eigenvalue weighted by Crippen LogP contribution is 2.29. The fourth-order valence-electron chi connectivity index (χ4n) is 3.47. The van der Waals surface area contributed by atoms with Crippen LogP contribution in [-0.4, -0.2) is 53.2 Å². The van der Waals surface area contributed by atoms with Crippen LogP contribution in [-0.2, 0) is 6.54 Å². The number of likely N-dealkylation sites (tertiary alicyclic amines) is 2. The van der Waals surface area contributed by atoms with Crippen LogP contribution in [0.3, 0.4) is 0 Å². The molecule has 21 heavy (non-hydrogen) atoms. The molecule has 0 saturated carbocycles. The molecule has 3 N–H and O–H groups in total. The number of nitrogens with zero attached hydrogens (tertiary/aromatic N) is 2. The zero-order valence-electron chi connectivity index (χ0n) is 12.3. The van der Waals surface area contributed by atoms with Crippen molar-refractivity contribution in [2.75, 3.05) is 26.2 Å². The van der Waals surface area contributed by atoms with E-state index in [0.717, 1.165) is 51.1 Å². The Morgan fingerprint density at radius 3 is 2.67 bits per heavy atom. The van der Waals surface area contributed by atoms with Gasteiger partial charge < -0.3 is 10.8 Å². The van der Waals surface area contributed by atoms with Gasteiger partial charge in [-0.1, -0.05) is 17.7 Å². The minimum atomic E-state index is 0.301. The SMILES string of the molecule is NC1CCN(C2CCN(Cc3c(O)cccc3Cl)C2)CC1. The molecule has 116 valence electrons. The van der Waals surface area contributed by atoms with Crippen LogP contribution >= 0.6 is 11.6 Å². The van der Waals surface area contributed by atoms with E-state index in [4.69, 9.17) is 17.3 Å². The lowest BCUT2D eigenvalue weighted by Crippen LogP contribution is -2.46. The molecule has 1 aromatic rings. The first-order valence-corrected chi connectivity index (χ1v) is 8.19. The summed E-state index contributed by atoms with van der Waals surface area (Å²) in [5.74, 6) is 0.301. The zero-order valence-corrected chi connectivity index (χ0v) is 13.1. The third-order valence-corrected chi connectivity index (χ3v) is 5.17. The molecule has 5 heteroatoms. The van der Waals surface area contributed by atoms with Gasteiger partial charge in [0.15, 0.2) is 0 Å². The summed E-state index contributed by atoms with van der Waals surface area (Å²) >= 11 is 6.20. The predicted octanol–water partition coefficient (Wildman–Crippen LogP) is 2.04. The lowest BCUT2D eigenvalue weighted by atomic mass is 10.0. The largest absolute Gasteiger partial charge is 0.508 e. The van der Waals surface area contributed by atoms with Gasteiger partial charge in [0.2, 0.25) is 0 Å². The first-order valence-electron chi connectivity index (χ1n) is 7.82. The molecule has 0 spiro atoms. The molecule has 2 heterocycles. The molecule has 0 aliphatic carbocycles. The van der Waals surface area contributed by atoms with E-state index in [9.17, 15) is 5.11 Å². The molecule has 4 nitrogen and oxygen atoms in total. The fourth-order valence-corrected chi connectivity index (χ4v) is 3.70. The van der Waals surface area contributed by atoms with Gasteiger partial charge in [-0.15, -0.1) is 0 Å². The van der Waals surface area contributed by atoms with Crippen molar-refractivity contribution in [2.45, 2.75) is 37.9 Å². The highest BCUT2D eigenvalue weighted by molar-refractivity contribution is 6.31. The van der Waals surface area contributed by atoms with Gasteiger partial charge in [-0.2, -0.15) is 0 Å². The fraction of sp³-hybridized carbons (Fsp3) is 0.625. The van der Waals surface area contributed by atoms with Crippen LogP contribution in [0.25, 0.3) is 0 Å². The molecular weight excluding hydrogens is 286 g/mol. The van der Waals surface area contributed by atoms with Crippen molar-refractivity contribution < 1.29 is 5.11 Å². The van der Waals surface area contributed by atoms with Crippen molar-refractivity contribution in [1.29, 1.82) is 0 Å². The van der Waals surface area contributed by atoms with Crippen LogP contribution in [0.1, 0.15) is 24.8 Å². The Labute approximate surface area is 131 Å². The molecule has 0 bridgehead atoms. The molecule has 1 aromatic carbocycles. The maximum absolute atomic E-state index is 9.96. The van der Waals surface area contributed by atoms with Crippen LogP contribution in [0.15, 0.2) is 18.2 Å². The standard InChI is InChI=1S/C16H24ClN3O/c17-15-2-1-3-16(21)14(15)11-19-7-6-13(10-19)20-8-4-12(18)5-9-20/h1-3,12-13,21H,4-11,18H2. The molecule has 2 fully saturated rings. The zero-order chi connectivity index (χ0) is 14.8. The van der Waals surface area contributed by atoms with Gasteiger partial charge >= 0.3 is 0 Å². The Balaban J connectivity index is 1.57. The Bertz CT molecular complexity index is 468. The number of piperidine rings is 1. The van der Waals surface area contributed by atoms with E-state index in [1.807, 2.05) is 6.07 Å². The summed E-state index contributed by atoms with van der Waals surface area (Å²) in [6.45, 7) is 5.10. The van der Waals surface area contributed by atoms with Gasteiger partial charge in [-0.05, 0) is 44.5 Å². The second-order valence-corrected chi connectivity index (χ2v) is 6.70. The number of benzene rings is 1. The summed E-state index contributed by atoms with van der Waals surface area (Å²) in [6.07, 6.45) is 3.42. The predicted molar refractivity (Wildman–Crippen MR) is 85.6 cm³/mol. The van der Waals surface area contributed by atoms with Crippen LogP contribution < -0.4 is 5.73 Å². The number of hydrogen-bond acceptors (Lipinski definition) is 4. The Morgan fingerprint density at radius 2 is 1.95 bits per heavy atom. The molecule has 2 aliphatic heterocycles. The van der Waals surface area contributed by atoms with Crippen molar-refractivity contribution in [3.63, 3.8) is 0 Å². The number of hydrogen-bond donors (Lipinski definition) is 2. The van der Waals surface area contributed by atoms with Crippen molar-refractivity contribution in [3.05, 3.63) is 28.8 Å². The van der Waals surface area contributed by atoms with E-state index in [0.29, 0.717) is 22.9 Å². The van der Waals surface area contributed by atoms with Crippen LogP contribution in [0.4, 0.5) is 0 Å². The number of aromatic hydroxyl groups is 1. The molecule has 1 atom stereocenters. The topological polar surface area (TPSA) is 52.7 Å². The third kappa shape index (κ3) is 3.51. The normalized spacial score (nSPS) is 25.5. The van der Waals surface area contributed by atoms with Crippen molar-refractivity contribution in [1.82, 2.24) is 9.80 Å². The van der Waals surface area contributed by atoms with Gasteiger partial charge in [-0.25, -0.2) is 0 Å². The van der Waals surface area contributed by atoms with Gasteiger partial charge in [0.05, 0.1) is 0 Å². The minimum Gasteiger partial charge on any atom is -0.508 e. The summed E-state index contributed by atoms with van der Waals surface area (Å²) in [4.78, 5) is 4.97. The average molecular weight is 310 g/mol. The average Bonchev–Trinajstić information content (AvgIpc) is 2.92. The van der Waals surface area contributed by atoms with E-state index in [1.54, 1.807) is 12.1 Å². The number of rotatable bonds is 3. The number of halogens is 1. The first kappa shape index (κ1) is 15.1. The minimum absolute atomic E-state index is 0.301. The molecule has 0 aromatic heterocycles. The second kappa shape index (κ2) is 6.53. The Kier molecular flexibility index (Phi) is 4.69. The molecule has 0 amide bonds. The Morgan fingerprint density at radius 1 is 1.19 bits per heavy atom. The third-order valence-electron chi connectivity index (χ3n) is 4.81. The monoisotopic (exact) mass is 309 g/mol. The highest BCUT2D eigenvalue weighted by Gasteiger charge is 2.30. The smallest absolute Gasteiger partial charge is 0.121 e. The first-order chi connectivity index (χ1) is 10.1. The quantitative estimate of drug-likeness (QED) is 0.897. The lowest BCUT2D eigenvalue weighted by molar-refractivity contribution is 0.151.